The zero-order valence-corrected chi connectivity index (χ0v) is 22.8. The maximum Gasteiger partial charge on any atom is 0.341 e. The van der Waals surface area contributed by atoms with E-state index in [1.807, 2.05) is 102 Å². The SMILES string of the molecule is CCOC(=O)c1c(-c2ccccc2)csc1NC(=O)CSc1nc(-c2ccccc2)cc(-c2ccccc2)n1. The van der Waals surface area contributed by atoms with Crippen LogP contribution < -0.4 is 5.32 Å². The van der Waals surface area contributed by atoms with E-state index in [1.54, 1.807) is 6.92 Å². The molecule has 1 N–H and O–H groups in total. The van der Waals surface area contributed by atoms with Crippen LogP contribution in [0.3, 0.4) is 0 Å². The zero-order valence-electron chi connectivity index (χ0n) is 21.2. The summed E-state index contributed by atoms with van der Waals surface area (Å²) in [5.41, 5.74) is 5.47. The van der Waals surface area contributed by atoms with E-state index in [0.29, 0.717) is 15.7 Å². The van der Waals surface area contributed by atoms with E-state index in [4.69, 9.17) is 14.7 Å². The lowest BCUT2D eigenvalue weighted by Crippen LogP contribution is -2.16. The first-order valence-electron chi connectivity index (χ1n) is 12.4. The highest BCUT2D eigenvalue weighted by molar-refractivity contribution is 7.99. The maximum atomic E-state index is 13.0. The lowest BCUT2D eigenvalue weighted by molar-refractivity contribution is -0.113. The fraction of sp³-hybridized carbons (Fsp3) is 0.0968. The molecule has 0 atom stereocenters. The van der Waals surface area contributed by atoms with Crippen LogP contribution in [0.5, 0.6) is 0 Å². The standard InChI is InChI=1S/C31H25N3O3S2/c1-2-37-30(36)28-24(21-12-6-3-7-13-21)19-38-29(28)34-27(35)20-39-31-32-25(22-14-8-4-9-15-22)18-26(33-31)23-16-10-5-11-17-23/h3-19H,2,20H2,1H3,(H,34,35). The first-order valence-corrected chi connectivity index (χ1v) is 14.3. The highest BCUT2D eigenvalue weighted by Crippen LogP contribution is 2.36. The fourth-order valence-corrected chi connectivity index (χ4v) is 5.61. The number of hydrogen-bond donors (Lipinski definition) is 1. The van der Waals surface area contributed by atoms with Crippen molar-refractivity contribution in [3.05, 3.63) is 108 Å². The van der Waals surface area contributed by atoms with Crippen LogP contribution >= 0.6 is 23.1 Å². The molecule has 0 fully saturated rings. The third kappa shape index (κ3) is 6.42. The molecule has 0 radical (unpaired) electrons. The number of carbonyl (C=O) groups is 2. The fourth-order valence-electron chi connectivity index (χ4n) is 3.98. The molecule has 8 heteroatoms. The monoisotopic (exact) mass is 551 g/mol. The van der Waals surface area contributed by atoms with Crippen molar-refractivity contribution in [3.8, 4) is 33.6 Å². The number of esters is 1. The summed E-state index contributed by atoms with van der Waals surface area (Å²) in [6, 6.07) is 31.3. The number of anilines is 1. The molecule has 3 aromatic carbocycles. The second-order valence-corrected chi connectivity index (χ2v) is 10.3. The molecule has 2 aromatic heterocycles. The van der Waals surface area contributed by atoms with E-state index in [1.165, 1.54) is 23.1 Å². The van der Waals surface area contributed by atoms with Gasteiger partial charge in [-0.05, 0) is 18.6 Å². The normalized spacial score (nSPS) is 10.7. The van der Waals surface area contributed by atoms with Crippen molar-refractivity contribution >= 4 is 40.0 Å². The van der Waals surface area contributed by atoms with Crippen LogP contribution in [0.2, 0.25) is 0 Å². The minimum atomic E-state index is -0.466. The molecule has 39 heavy (non-hydrogen) atoms. The lowest BCUT2D eigenvalue weighted by Gasteiger charge is -2.10. The number of thioether (sulfide) groups is 1. The Kier molecular flexibility index (Phi) is 8.45. The Hall–Kier alpha value is -4.27. The number of ether oxygens (including phenoxy) is 1. The molecule has 1 amide bonds. The van der Waals surface area contributed by atoms with Gasteiger partial charge in [-0.25, -0.2) is 14.8 Å². The summed E-state index contributed by atoms with van der Waals surface area (Å²) in [5.74, 6) is -0.651. The summed E-state index contributed by atoms with van der Waals surface area (Å²) < 4.78 is 5.30. The number of hydrogen-bond acceptors (Lipinski definition) is 7. The van der Waals surface area contributed by atoms with Gasteiger partial charge in [-0.1, -0.05) is 103 Å². The highest BCUT2D eigenvalue weighted by Gasteiger charge is 2.23. The number of rotatable bonds is 9. The summed E-state index contributed by atoms with van der Waals surface area (Å²) in [4.78, 5) is 35.3. The van der Waals surface area contributed by atoms with Gasteiger partial charge in [0.2, 0.25) is 5.91 Å². The Bertz CT molecular complexity index is 1520. The smallest absolute Gasteiger partial charge is 0.341 e. The molecule has 0 saturated heterocycles. The van der Waals surface area contributed by atoms with Gasteiger partial charge in [0.15, 0.2) is 5.16 Å². The van der Waals surface area contributed by atoms with E-state index in [2.05, 4.69) is 5.32 Å². The van der Waals surface area contributed by atoms with Crippen LogP contribution in [-0.2, 0) is 9.53 Å². The van der Waals surface area contributed by atoms with Crippen LogP contribution in [0.15, 0.2) is 108 Å². The van der Waals surface area contributed by atoms with Crippen molar-refractivity contribution in [2.75, 3.05) is 17.7 Å². The lowest BCUT2D eigenvalue weighted by atomic mass is 10.0. The molecule has 0 aliphatic rings. The van der Waals surface area contributed by atoms with Crippen molar-refractivity contribution in [1.29, 1.82) is 0 Å². The Morgan fingerprint density at radius 3 is 1.90 bits per heavy atom. The van der Waals surface area contributed by atoms with Crippen LogP contribution in [0.25, 0.3) is 33.6 Å². The quantitative estimate of drug-likeness (QED) is 0.116. The summed E-state index contributed by atoms with van der Waals surface area (Å²) in [6.07, 6.45) is 0. The van der Waals surface area contributed by atoms with Crippen molar-refractivity contribution in [1.82, 2.24) is 9.97 Å². The van der Waals surface area contributed by atoms with Gasteiger partial charge in [0.05, 0.1) is 23.7 Å². The van der Waals surface area contributed by atoms with Gasteiger partial charge >= 0.3 is 5.97 Å². The number of benzene rings is 3. The molecule has 0 aliphatic carbocycles. The van der Waals surface area contributed by atoms with Crippen molar-refractivity contribution in [2.45, 2.75) is 12.1 Å². The van der Waals surface area contributed by atoms with Crippen LogP contribution in [0.1, 0.15) is 17.3 Å². The molecule has 0 aliphatic heterocycles. The predicted molar refractivity (Wildman–Crippen MR) is 158 cm³/mol. The van der Waals surface area contributed by atoms with Crippen molar-refractivity contribution in [3.63, 3.8) is 0 Å². The number of thiophene rings is 1. The molecular weight excluding hydrogens is 526 g/mol. The van der Waals surface area contributed by atoms with E-state index in [0.717, 1.165) is 33.6 Å². The molecule has 2 heterocycles. The molecule has 0 saturated carbocycles. The zero-order chi connectivity index (χ0) is 27.0. The molecule has 194 valence electrons. The van der Waals surface area contributed by atoms with Crippen molar-refractivity contribution in [2.24, 2.45) is 0 Å². The Morgan fingerprint density at radius 2 is 1.36 bits per heavy atom. The minimum absolute atomic E-state index is 0.0767. The van der Waals surface area contributed by atoms with Gasteiger partial charge in [0.25, 0.3) is 0 Å². The van der Waals surface area contributed by atoms with E-state index in [9.17, 15) is 9.59 Å². The molecule has 0 unspecified atom stereocenters. The number of aromatic nitrogens is 2. The average Bonchev–Trinajstić information content (AvgIpc) is 3.41. The molecule has 0 spiro atoms. The molecule has 6 nitrogen and oxygen atoms in total. The van der Waals surface area contributed by atoms with Gasteiger partial charge in [-0.15, -0.1) is 11.3 Å². The van der Waals surface area contributed by atoms with E-state index >= 15 is 0 Å². The Balaban J connectivity index is 1.38. The summed E-state index contributed by atoms with van der Waals surface area (Å²) in [6.45, 7) is 2.00. The van der Waals surface area contributed by atoms with Gasteiger partial charge in [0, 0.05) is 22.1 Å². The van der Waals surface area contributed by atoms with E-state index < -0.39 is 5.97 Å². The average molecular weight is 552 g/mol. The largest absolute Gasteiger partial charge is 0.462 e. The molecule has 5 rings (SSSR count). The van der Waals surface area contributed by atoms with Gasteiger partial charge in [-0.3, -0.25) is 4.79 Å². The van der Waals surface area contributed by atoms with Gasteiger partial charge in [0.1, 0.15) is 10.6 Å². The summed E-state index contributed by atoms with van der Waals surface area (Å²) in [7, 11) is 0. The number of nitrogens with zero attached hydrogens (tertiary/aromatic N) is 2. The first-order chi connectivity index (χ1) is 19.1. The minimum Gasteiger partial charge on any atom is -0.462 e. The number of amides is 1. The van der Waals surface area contributed by atoms with Crippen molar-refractivity contribution < 1.29 is 14.3 Å². The number of carbonyl (C=O) groups excluding carboxylic acids is 2. The maximum absolute atomic E-state index is 13.0. The molecule has 5 aromatic rings. The van der Waals surface area contributed by atoms with Gasteiger partial charge < -0.3 is 10.1 Å². The predicted octanol–water partition coefficient (Wildman–Crippen LogP) is 7.45. The second kappa shape index (κ2) is 12.5. The third-order valence-electron chi connectivity index (χ3n) is 5.79. The van der Waals surface area contributed by atoms with Gasteiger partial charge in [-0.2, -0.15) is 0 Å². The van der Waals surface area contributed by atoms with Crippen LogP contribution in [0, 0.1) is 0 Å². The third-order valence-corrected chi connectivity index (χ3v) is 7.53. The summed E-state index contributed by atoms with van der Waals surface area (Å²) >= 11 is 2.55. The Morgan fingerprint density at radius 1 is 0.821 bits per heavy atom. The van der Waals surface area contributed by atoms with Crippen LogP contribution in [-0.4, -0.2) is 34.2 Å². The topological polar surface area (TPSA) is 81.2 Å². The summed E-state index contributed by atoms with van der Waals surface area (Å²) in [5, 5.41) is 5.72. The van der Waals surface area contributed by atoms with Crippen LogP contribution in [0.4, 0.5) is 5.00 Å². The Labute approximate surface area is 235 Å². The van der Waals surface area contributed by atoms with E-state index in [-0.39, 0.29) is 18.3 Å². The number of nitrogens with one attached hydrogen (secondary N) is 1. The highest BCUT2D eigenvalue weighted by atomic mass is 32.2. The molecule has 0 bridgehead atoms. The second-order valence-electron chi connectivity index (χ2n) is 8.43. The molecular formula is C31H25N3O3S2. The first kappa shape index (κ1) is 26.3.